The fourth-order valence-electron chi connectivity index (χ4n) is 3.75. The molecule has 6 nitrogen and oxygen atoms in total. The molecule has 1 saturated heterocycles. The van der Waals surface area contributed by atoms with Gasteiger partial charge < -0.3 is 9.32 Å². The Kier molecular flexibility index (Phi) is 6.08. The molecule has 1 aliphatic rings. The summed E-state index contributed by atoms with van der Waals surface area (Å²) in [6.45, 7) is 2.32. The molecule has 3 aromatic rings. The zero-order chi connectivity index (χ0) is 21.1. The lowest BCUT2D eigenvalue weighted by atomic mass is 10.2. The van der Waals surface area contributed by atoms with Crippen molar-refractivity contribution in [1.29, 1.82) is 0 Å². The Balaban J connectivity index is 1.60. The maximum absolute atomic E-state index is 13.3. The van der Waals surface area contributed by atoms with Crippen LogP contribution in [0.15, 0.2) is 69.5 Å². The minimum atomic E-state index is -3.86. The van der Waals surface area contributed by atoms with E-state index in [4.69, 9.17) is 4.42 Å². The average molecular weight is 445 g/mol. The first kappa shape index (κ1) is 20.8. The van der Waals surface area contributed by atoms with E-state index in [0.29, 0.717) is 12.3 Å². The largest absolute Gasteiger partial charge is 0.468 e. The van der Waals surface area contributed by atoms with Crippen LogP contribution in [0.3, 0.4) is 0 Å². The van der Waals surface area contributed by atoms with Crippen molar-refractivity contribution in [3.63, 3.8) is 0 Å². The SMILES string of the molecule is Cc1ccc(S(=O)(=O)N(CC(=O)N2CCC[C@H]2c2cccs2)Cc2ccco2)cc1. The second-order valence-corrected chi connectivity index (χ2v) is 10.3. The number of amides is 1. The Bertz CT molecular complexity index is 1070. The lowest BCUT2D eigenvalue weighted by molar-refractivity contribution is -0.132. The number of sulfonamides is 1. The van der Waals surface area contributed by atoms with E-state index in [2.05, 4.69) is 0 Å². The molecule has 1 aromatic carbocycles. The number of carbonyl (C=O) groups excluding carboxylic acids is 1. The first-order valence-electron chi connectivity index (χ1n) is 9.87. The molecule has 0 unspecified atom stereocenters. The third-order valence-electron chi connectivity index (χ3n) is 5.33. The van der Waals surface area contributed by atoms with Crippen LogP contribution in [0.2, 0.25) is 0 Å². The van der Waals surface area contributed by atoms with Gasteiger partial charge >= 0.3 is 0 Å². The molecule has 4 rings (SSSR count). The summed E-state index contributed by atoms with van der Waals surface area (Å²) in [6, 6.07) is 14.1. The normalized spacial score (nSPS) is 17.0. The van der Waals surface area contributed by atoms with E-state index in [1.165, 1.54) is 10.6 Å². The third-order valence-corrected chi connectivity index (χ3v) is 8.11. The number of nitrogens with zero attached hydrogens (tertiary/aromatic N) is 2. The van der Waals surface area contributed by atoms with Crippen molar-refractivity contribution >= 4 is 27.3 Å². The Labute approximate surface area is 180 Å². The molecule has 1 amide bonds. The van der Waals surface area contributed by atoms with Crippen molar-refractivity contribution in [2.24, 2.45) is 0 Å². The van der Waals surface area contributed by atoms with Gasteiger partial charge in [0.25, 0.3) is 0 Å². The van der Waals surface area contributed by atoms with Gasteiger partial charge in [0.05, 0.1) is 30.3 Å². The monoisotopic (exact) mass is 444 g/mol. The molecule has 0 radical (unpaired) electrons. The Hall–Kier alpha value is -2.42. The standard InChI is InChI=1S/C22H24N2O4S2/c1-17-8-10-19(11-9-17)30(26,27)23(15-18-5-3-13-28-18)16-22(25)24-12-2-6-20(24)21-7-4-14-29-21/h3-5,7-11,13-14,20H,2,6,12,15-16H2,1H3/t20-/m0/s1. The van der Waals surface area contributed by atoms with Crippen molar-refractivity contribution in [3.05, 3.63) is 76.4 Å². The number of hydrogen-bond donors (Lipinski definition) is 0. The van der Waals surface area contributed by atoms with E-state index in [1.54, 1.807) is 47.7 Å². The van der Waals surface area contributed by atoms with Crippen LogP contribution in [0.4, 0.5) is 0 Å². The first-order valence-corrected chi connectivity index (χ1v) is 12.2. The Morgan fingerprint density at radius 1 is 1.20 bits per heavy atom. The summed E-state index contributed by atoms with van der Waals surface area (Å²) in [6.07, 6.45) is 3.31. The van der Waals surface area contributed by atoms with E-state index in [0.717, 1.165) is 23.3 Å². The Morgan fingerprint density at radius 2 is 2.00 bits per heavy atom. The highest BCUT2D eigenvalue weighted by atomic mass is 32.2. The van der Waals surface area contributed by atoms with Gasteiger partial charge in [-0.15, -0.1) is 11.3 Å². The van der Waals surface area contributed by atoms with Gasteiger partial charge in [0.2, 0.25) is 15.9 Å². The van der Waals surface area contributed by atoms with Crippen LogP contribution < -0.4 is 0 Å². The van der Waals surface area contributed by atoms with Crippen molar-refractivity contribution in [1.82, 2.24) is 9.21 Å². The van der Waals surface area contributed by atoms with Gasteiger partial charge in [0.1, 0.15) is 5.76 Å². The second kappa shape index (κ2) is 8.75. The van der Waals surface area contributed by atoms with Crippen molar-refractivity contribution in [2.45, 2.75) is 37.2 Å². The lowest BCUT2D eigenvalue weighted by Crippen LogP contribution is -2.42. The number of furan rings is 1. The molecule has 0 N–H and O–H groups in total. The van der Waals surface area contributed by atoms with E-state index in [1.807, 2.05) is 29.3 Å². The molecule has 1 fully saturated rings. The maximum Gasteiger partial charge on any atom is 0.243 e. The topological polar surface area (TPSA) is 70.8 Å². The van der Waals surface area contributed by atoms with E-state index >= 15 is 0 Å². The molecule has 0 bridgehead atoms. The van der Waals surface area contributed by atoms with Crippen LogP contribution in [0, 0.1) is 6.92 Å². The minimum Gasteiger partial charge on any atom is -0.468 e. The molecular formula is C22H24N2O4S2. The van der Waals surface area contributed by atoms with Gasteiger partial charge in [-0.25, -0.2) is 8.42 Å². The average Bonchev–Trinajstić information content (AvgIpc) is 3.48. The highest BCUT2D eigenvalue weighted by Gasteiger charge is 2.34. The van der Waals surface area contributed by atoms with Gasteiger partial charge in [-0.1, -0.05) is 23.8 Å². The molecular weight excluding hydrogens is 420 g/mol. The predicted octanol–water partition coefficient (Wildman–Crippen LogP) is 4.20. The van der Waals surface area contributed by atoms with E-state index in [-0.39, 0.29) is 29.9 Å². The summed E-state index contributed by atoms with van der Waals surface area (Å²) < 4.78 is 33.3. The molecule has 0 spiro atoms. The van der Waals surface area contributed by atoms with E-state index < -0.39 is 10.0 Å². The molecule has 1 atom stereocenters. The summed E-state index contributed by atoms with van der Waals surface area (Å²) in [4.78, 5) is 16.3. The Morgan fingerprint density at radius 3 is 2.67 bits per heavy atom. The van der Waals surface area contributed by atoms with Gasteiger partial charge in [-0.05, 0) is 55.5 Å². The number of rotatable bonds is 7. The molecule has 30 heavy (non-hydrogen) atoms. The van der Waals surface area contributed by atoms with Crippen LogP contribution >= 0.6 is 11.3 Å². The highest BCUT2D eigenvalue weighted by Crippen LogP contribution is 2.34. The molecule has 158 valence electrons. The fourth-order valence-corrected chi connectivity index (χ4v) is 5.97. The first-order chi connectivity index (χ1) is 14.4. The molecule has 8 heteroatoms. The quantitative estimate of drug-likeness (QED) is 0.547. The van der Waals surface area contributed by atoms with E-state index in [9.17, 15) is 13.2 Å². The molecule has 3 heterocycles. The van der Waals surface area contributed by atoms with Crippen LogP contribution in [-0.4, -0.2) is 36.6 Å². The fraction of sp³-hybridized carbons (Fsp3) is 0.318. The van der Waals surface area contributed by atoms with Crippen molar-refractivity contribution in [2.75, 3.05) is 13.1 Å². The van der Waals surface area contributed by atoms with Gasteiger partial charge in [0, 0.05) is 11.4 Å². The summed E-state index contributed by atoms with van der Waals surface area (Å²) >= 11 is 1.63. The summed E-state index contributed by atoms with van der Waals surface area (Å²) in [5.74, 6) is 0.308. The minimum absolute atomic E-state index is 0.00641. The van der Waals surface area contributed by atoms with Crippen molar-refractivity contribution < 1.29 is 17.6 Å². The predicted molar refractivity (Wildman–Crippen MR) is 115 cm³/mol. The van der Waals surface area contributed by atoms with Crippen LogP contribution in [0.25, 0.3) is 0 Å². The number of carbonyl (C=O) groups is 1. The van der Waals surface area contributed by atoms with Crippen LogP contribution in [-0.2, 0) is 21.4 Å². The van der Waals surface area contributed by atoms with Crippen LogP contribution in [0.5, 0.6) is 0 Å². The summed E-state index contributed by atoms with van der Waals surface area (Å²) in [7, 11) is -3.86. The molecule has 1 aliphatic heterocycles. The van der Waals surface area contributed by atoms with Gasteiger partial charge in [-0.3, -0.25) is 4.79 Å². The third kappa shape index (κ3) is 4.35. The van der Waals surface area contributed by atoms with Gasteiger partial charge in [-0.2, -0.15) is 4.31 Å². The van der Waals surface area contributed by atoms with Crippen molar-refractivity contribution in [3.8, 4) is 0 Å². The molecule has 0 aliphatic carbocycles. The molecule has 0 saturated carbocycles. The number of hydrogen-bond acceptors (Lipinski definition) is 5. The number of aryl methyl sites for hydroxylation is 1. The highest BCUT2D eigenvalue weighted by molar-refractivity contribution is 7.89. The number of likely N-dealkylation sites (tertiary alicyclic amines) is 1. The van der Waals surface area contributed by atoms with Gasteiger partial charge in [0.15, 0.2) is 0 Å². The smallest absolute Gasteiger partial charge is 0.243 e. The summed E-state index contributed by atoms with van der Waals surface area (Å²) in [5.41, 5.74) is 0.971. The van der Waals surface area contributed by atoms with Crippen LogP contribution in [0.1, 0.15) is 35.1 Å². The molecule has 2 aromatic heterocycles. The summed E-state index contributed by atoms with van der Waals surface area (Å²) in [5, 5.41) is 2.00. The number of benzene rings is 1. The lowest BCUT2D eigenvalue weighted by Gasteiger charge is -2.27. The maximum atomic E-state index is 13.3. The zero-order valence-corrected chi connectivity index (χ0v) is 18.4. The zero-order valence-electron chi connectivity index (χ0n) is 16.7. The number of thiophene rings is 1. The second-order valence-electron chi connectivity index (χ2n) is 7.43.